The maximum Gasteiger partial charge on any atom is 0.249 e. The van der Waals surface area contributed by atoms with E-state index in [4.69, 9.17) is 0 Å². The molecule has 7 heteroatoms. The van der Waals surface area contributed by atoms with Gasteiger partial charge in [-0.05, 0) is 25.0 Å². The number of nitrogens with zero attached hydrogens (tertiary/aromatic N) is 3. The van der Waals surface area contributed by atoms with E-state index in [-0.39, 0.29) is 18.2 Å². The highest BCUT2D eigenvalue weighted by molar-refractivity contribution is 6.01. The van der Waals surface area contributed by atoms with Crippen LogP contribution in [-0.4, -0.2) is 39.2 Å². The Bertz CT molecular complexity index is 987. The molecule has 1 aliphatic heterocycles. The van der Waals surface area contributed by atoms with Crippen LogP contribution >= 0.6 is 0 Å². The van der Waals surface area contributed by atoms with Crippen LogP contribution in [0.2, 0.25) is 0 Å². The number of aromatic amines is 1. The van der Waals surface area contributed by atoms with Gasteiger partial charge < -0.3 is 15.2 Å². The number of benzene rings is 1. The first-order valence-electron chi connectivity index (χ1n) is 8.68. The van der Waals surface area contributed by atoms with Crippen molar-refractivity contribution in [3.05, 3.63) is 47.9 Å². The molecular formula is C19H21N5O2. The first kappa shape index (κ1) is 16.4. The highest BCUT2D eigenvalue weighted by atomic mass is 16.2. The van der Waals surface area contributed by atoms with Gasteiger partial charge in [0.1, 0.15) is 6.04 Å². The topological polar surface area (TPSA) is 83.0 Å². The molecule has 26 heavy (non-hydrogen) atoms. The van der Waals surface area contributed by atoms with Crippen molar-refractivity contribution in [3.63, 3.8) is 0 Å². The van der Waals surface area contributed by atoms with Crippen molar-refractivity contribution >= 4 is 28.4 Å². The molecule has 0 aliphatic carbocycles. The third-order valence-corrected chi connectivity index (χ3v) is 4.91. The Morgan fingerprint density at radius 3 is 2.96 bits per heavy atom. The van der Waals surface area contributed by atoms with Crippen molar-refractivity contribution < 1.29 is 9.59 Å². The Balaban J connectivity index is 1.45. The van der Waals surface area contributed by atoms with Crippen LogP contribution < -0.4 is 10.2 Å². The zero-order chi connectivity index (χ0) is 18.3. The SMILES string of the molecule is Cc1[nH]c2ccccc2c1CC(=O)NC1CCN(c2cnn(C)c2)C1=O. The van der Waals surface area contributed by atoms with Crippen molar-refractivity contribution in [2.45, 2.75) is 25.8 Å². The third kappa shape index (κ3) is 2.85. The van der Waals surface area contributed by atoms with Gasteiger partial charge in [-0.15, -0.1) is 0 Å². The Morgan fingerprint density at radius 1 is 1.38 bits per heavy atom. The molecule has 1 aliphatic rings. The number of aromatic nitrogens is 3. The van der Waals surface area contributed by atoms with E-state index in [0.717, 1.165) is 27.8 Å². The van der Waals surface area contributed by atoms with Crippen LogP contribution in [-0.2, 0) is 23.1 Å². The average molecular weight is 351 g/mol. The van der Waals surface area contributed by atoms with Gasteiger partial charge in [0.25, 0.3) is 0 Å². The third-order valence-electron chi connectivity index (χ3n) is 4.91. The lowest BCUT2D eigenvalue weighted by atomic mass is 10.1. The highest BCUT2D eigenvalue weighted by Gasteiger charge is 2.34. The van der Waals surface area contributed by atoms with Crippen molar-refractivity contribution in [2.75, 3.05) is 11.4 Å². The van der Waals surface area contributed by atoms with Gasteiger partial charge in [-0.2, -0.15) is 5.10 Å². The average Bonchev–Trinajstić information content (AvgIpc) is 3.27. The first-order valence-corrected chi connectivity index (χ1v) is 8.68. The second-order valence-electron chi connectivity index (χ2n) is 6.72. The molecular weight excluding hydrogens is 330 g/mol. The van der Waals surface area contributed by atoms with Gasteiger partial charge >= 0.3 is 0 Å². The van der Waals surface area contributed by atoms with Crippen molar-refractivity contribution in [1.82, 2.24) is 20.1 Å². The van der Waals surface area contributed by atoms with Gasteiger partial charge in [-0.25, -0.2) is 0 Å². The van der Waals surface area contributed by atoms with Crippen molar-refractivity contribution in [1.29, 1.82) is 0 Å². The van der Waals surface area contributed by atoms with E-state index in [0.29, 0.717) is 13.0 Å². The van der Waals surface area contributed by atoms with E-state index in [1.54, 1.807) is 22.0 Å². The Morgan fingerprint density at radius 2 is 2.19 bits per heavy atom. The quantitative estimate of drug-likeness (QED) is 0.750. The van der Waals surface area contributed by atoms with E-state index in [1.165, 1.54) is 0 Å². The zero-order valence-electron chi connectivity index (χ0n) is 14.8. The second-order valence-corrected chi connectivity index (χ2v) is 6.72. The number of nitrogens with one attached hydrogen (secondary N) is 2. The largest absolute Gasteiger partial charge is 0.358 e. The molecule has 1 atom stereocenters. The molecule has 3 heterocycles. The van der Waals surface area contributed by atoms with Crippen LogP contribution in [0.15, 0.2) is 36.7 Å². The zero-order valence-corrected chi connectivity index (χ0v) is 14.8. The summed E-state index contributed by atoms with van der Waals surface area (Å²) in [5.41, 5.74) is 3.75. The molecule has 0 bridgehead atoms. The molecule has 2 amide bonds. The smallest absolute Gasteiger partial charge is 0.249 e. The summed E-state index contributed by atoms with van der Waals surface area (Å²) in [6.45, 7) is 2.55. The number of para-hydroxylation sites is 1. The van der Waals surface area contributed by atoms with Crippen molar-refractivity contribution in [3.8, 4) is 0 Å². The number of hydrogen-bond acceptors (Lipinski definition) is 3. The minimum absolute atomic E-state index is 0.0815. The van der Waals surface area contributed by atoms with Gasteiger partial charge in [-0.3, -0.25) is 14.3 Å². The number of aryl methyl sites for hydroxylation is 2. The Labute approximate surface area is 151 Å². The van der Waals surface area contributed by atoms with E-state index >= 15 is 0 Å². The molecule has 0 spiro atoms. The summed E-state index contributed by atoms with van der Waals surface area (Å²) in [6.07, 6.45) is 4.33. The molecule has 7 nitrogen and oxygen atoms in total. The number of carbonyl (C=O) groups is 2. The fourth-order valence-corrected chi connectivity index (χ4v) is 3.59. The molecule has 0 saturated carbocycles. The summed E-state index contributed by atoms with van der Waals surface area (Å²) in [4.78, 5) is 30.1. The van der Waals surface area contributed by atoms with E-state index in [9.17, 15) is 9.59 Å². The molecule has 1 fully saturated rings. The predicted molar refractivity (Wildman–Crippen MR) is 98.8 cm³/mol. The van der Waals surface area contributed by atoms with Crippen LogP contribution in [0.1, 0.15) is 17.7 Å². The maximum absolute atomic E-state index is 12.6. The van der Waals surface area contributed by atoms with E-state index < -0.39 is 6.04 Å². The Kier molecular flexibility index (Phi) is 3.99. The lowest BCUT2D eigenvalue weighted by Gasteiger charge is -2.15. The summed E-state index contributed by atoms with van der Waals surface area (Å²) >= 11 is 0. The molecule has 2 aromatic heterocycles. The molecule has 4 rings (SSSR count). The fourth-order valence-electron chi connectivity index (χ4n) is 3.59. The molecule has 1 aromatic carbocycles. The number of hydrogen-bond donors (Lipinski definition) is 2. The van der Waals surface area contributed by atoms with E-state index in [1.807, 2.05) is 38.2 Å². The predicted octanol–water partition coefficient (Wildman–Crippen LogP) is 1.67. The lowest BCUT2D eigenvalue weighted by Crippen LogP contribution is -2.42. The van der Waals surface area contributed by atoms with Crippen molar-refractivity contribution in [2.24, 2.45) is 7.05 Å². The first-order chi connectivity index (χ1) is 12.5. The highest BCUT2D eigenvalue weighted by Crippen LogP contribution is 2.23. The maximum atomic E-state index is 12.6. The van der Waals surface area contributed by atoms with Crippen LogP contribution in [0.4, 0.5) is 5.69 Å². The molecule has 2 N–H and O–H groups in total. The summed E-state index contributed by atoms with van der Waals surface area (Å²) < 4.78 is 1.66. The van der Waals surface area contributed by atoms with E-state index in [2.05, 4.69) is 15.4 Å². The summed E-state index contributed by atoms with van der Waals surface area (Å²) in [5, 5.41) is 8.05. The summed E-state index contributed by atoms with van der Waals surface area (Å²) in [5.74, 6) is -0.216. The number of anilines is 1. The number of fused-ring (bicyclic) bond motifs is 1. The lowest BCUT2D eigenvalue weighted by molar-refractivity contribution is -0.126. The molecule has 3 aromatic rings. The minimum Gasteiger partial charge on any atom is -0.358 e. The van der Waals surface area contributed by atoms with Gasteiger partial charge in [-0.1, -0.05) is 18.2 Å². The second kappa shape index (κ2) is 6.33. The van der Waals surface area contributed by atoms with Gasteiger partial charge in [0.2, 0.25) is 11.8 Å². The normalized spacial score (nSPS) is 17.2. The number of H-pyrrole nitrogens is 1. The van der Waals surface area contributed by atoms with Gasteiger partial charge in [0.15, 0.2) is 0 Å². The van der Waals surface area contributed by atoms with Gasteiger partial charge in [0.05, 0.1) is 18.3 Å². The van der Waals surface area contributed by atoms with Crippen LogP contribution in [0.3, 0.4) is 0 Å². The Hall–Kier alpha value is -3.09. The molecule has 1 unspecified atom stereocenters. The standard InChI is InChI=1S/C19H21N5O2/c1-12-15(14-5-3-4-6-16(14)21-12)9-18(25)22-17-7-8-24(19(17)26)13-10-20-23(2)11-13/h3-6,10-11,17,21H,7-9H2,1-2H3,(H,22,25). The molecule has 134 valence electrons. The summed E-state index contributed by atoms with van der Waals surface area (Å²) in [7, 11) is 1.81. The molecule has 0 radical (unpaired) electrons. The van der Waals surface area contributed by atoms with Crippen LogP contribution in [0.5, 0.6) is 0 Å². The molecule has 1 saturated heterocycles. The van der Waals surface area contributed by atoms with Crippen LogP contribution in [0.25, 0.3) is 10.9 Å². The van der Waals surface area contributed by atoms with Gasteiger partial charge in [0, 0.05) is 36.4 Å². The monoisotopic (exact) mass is 351 g/mol. The number of amides is 2. The number of carbonyl (C=O) groups excluding carboxylic acids is 2. The van der Waals surface area contributed by atoms with Crippen LogP contribution in [0, 0.1) is 6.92 Å². The number of rotatable bonds is 4. The summed E-state index contributed by atoms with van der Waals surface area (Å²) in [6, 6.07) is 7.45. The minimum atomic E-state index is -0.479. The fraction of sp³-hybridized carbons (Fsp3) is 0.316.